The number of hydrogen-bond donors (Lipinski definition) is 2. The molecule has 32 heavy (non-hydrogen) atoms. The molecule has 0 saturated heterocycles. The normalized spacial score (nSPS) is 17.8. The second-order valence-electron chi connectivity index (χ2n) is 9.60. The van der Waals surface area contributed by atoms with Gasteiger partial charge in [-0.25, -0.2) is 4.98 Å². The van der Waals surface area contributed by atoms with E-state index < -0.39 is 5.60 Å². The lowest BCUT2D eigenvalue weighted by atomic mass is 9.73. The van der Waals surface area contributed by atoms with Crippen molar-refractivity contribution in [1.29, 1.82) is 0 Å². The van der Waals surface area contributed by atoms with Gasteiger partial charge in [-0.2, -0.15) is 0 Å². The minimum absolute atomic E-state index is 0.152. The van der Waals surface area contributed by atoms with Crippen LogP contribution in [0.15, 0.2) is 40.9 Å². The Morgan fingerprint density at radius 1 is 1.03 bits per heavy atom. The second-order valence-corrected chi connectivity index (χ2v) is 9.60. The van der Waals surface area contributed by atoms with Gasteiger partial charge in [-0.3, -0.25) is 0 Å². The van der Waals surface area contributed by atoms with Gasteiger partial charge in [0.15, 0.2) is 11.4 Å². The molecule has 2 unspecified atom stereocenters. The number of rotatable bonds is 14. The van der Waals surface area contributed by atoms with Gasteiger partial charge < -0.3 is 19.2 Å². The highest BCUT2D eigenvalue weighted by atomic mass is 16.5. The van der Waals surface area contributed by atoms with E-state index in [0.29, 0.717) is 5.89 Å². The van der Waals surface area contributed by atoms with Crippen molar-refractivity contribution in [3.8, 4) is 0 Å². The van der Waals surface area contributed by atoms with E-state index in [9.17, 15) is 5.11 Å². The van der Waals surface area contributed by atoms with Gasteiger partial charge in [-0.1, -0.05) is 68.9 Å². The summed E-state index contributed by atoms with van der Waals surface area (Å²) >= 11 is 0. The minimum Gasteiger partial charge on any atom is -0.436 e. The molecule has 0 spiro atoms. The molecule has 1 aromatic heterocycles. The molecule has 1 aromatic carbocycles. The molecule has 2 atom stereocenters. The molecule has 5 nitrogen and oxygen atoms in total. The maximum Gasteiger partial charge on any atom is 0.231 e. The van der Waals surface area contributed by atoms with Crippen LogP contribution in [-0.4, -0.2) is 37.4 Å². The zero-order chi connectivity index (χ0) is 22.7. The summed E-state index contributed by atoms with van der Waals surface area (Å²) in [7, 11) is 3.99. The summed E-state index contributed by atoms with van der Waals surface area (Å²) in [6.07, 6.45) is 15.0. The van der Waals surface area contributed by atoms with Crippen molar-refractivity contribution in [1.82, 2.24) is 4.98 Å². The SMILES string of the molecule is COCCCCCCCC[NH+](C)Cc1cnc(C(O)(c2ccccc2)C2CCCCC2)o1. The van der Waals surface area contributed by atoms with E-state index in [-0.39, 0.29) is 5.92 Å². The van der Waals surface area contributed by atoms with E-state index in [1.165, 1.54) is 49.8 Å². The average Bonchev–Trinajstić information content (AvgIpc) is 3.30. The van der Waals surface area contributed by atoms with E-state index >= 15 is 0 Å². The second kappa shape index (κ2) is 13.1. The van der Waals surface area contributed by atoms with Crippen LogP contribution in [0.5, 0.6) is 0 Å². The Balaban J connectivity index is 1.54. The summed E-state index contributed by atoms with van der Waals surface area (Å²) in [6, 6.07) is 9.98. The monoisotopic (exact) mass is 443 g/mol. The molecular formula is C27H43N2O3+. The number of benzene rings is 1. The maximum atomic E-state index is 11.9. The van der Waals surface area contributed by atoms with E-state index in [4.69, 9.17) is 9.15 Å². The fourth-order valence-corrected chi connectivity index (χ4v) is 5.08. The number of ether oxygens (including phenoxy) is 1. The Morgan fingerprint density at radius 3 is 2.44 bits per heavy atom. The largest absolute Gasteiger partial charge is 0.436 e. The molecule has 2 aromatic rings. The molecule has 3 rings (SSSR count). The predicted molar refractivity (Wildman–Crippen MR) is 128 cm³/mol. The zero-order valence-electron chi connectivity index (χ0n) is 20.2. The minimum atomic E-state index is -1.14. The highest BCUT2D eigenvalue weighted by Gasteiger charge is 2.44. The molecule has 1 heterocycles. The van der Waals surface area contributed by atoms with Crippen molar-refractivity contribution in [2.45, 2.75) is 82.8 Å². The molecule has 0 bridgehead atoms. The fraction of sp³-hybridized carbons (Fsp3) is 0.667. The Kier molecular flexibility index (Phi) is 10.2. The van der Waals surface area contributed by atoms with Crippen LogP contribution in [-0.2, 0) is 16.9 Å². The lowest BCUT2D eigenvalue weighted by Gasteiger charge is -2.36. The number of nitrogens with one attached hydrogen (secondary N) is 1. The van der Waals surface area contributed by atoms with Gasteiger partial charge in [0.2, 0.25) is 5.89 Å². The first kappa shape index (κ1) is 24.9. The third-order valence-corrected chi connectivity index (χ3v) is 6.97. The van der Waals surface area contributed by atoms with Crippen LogP contribution in [0, 0.1) is 5.92 Å². The lowest BCUT2D eigenvalue weighted by molar-refractivity contribution is -0.895. The van der Waals surface area contributed by atoms with Crippen molar-refractivity contribution >= 4 is 0 Å². The fourth-order valence-electron chi connectivity index (χ4n) is 5.08. The molecule has 1 saturated carbocycles. The van der Waals surface area contributed by atoms with Crippen LogP contribution >= 0.6 is 0 Å². The topological polar surface area (TPSA) is 59.9 Å². The van der Waals surface area contributed by atoms with E-state index in [1.54, 1.807) is 7.11 Å². The Morgan fingerprint density at radius 2 is 1.72 bits per heavy atom. The van der Waals surface area contributed by atoms with Crippen molar-refractivity contribution < 1.29 is 19.2 Å². The third-order valence-electron chi connectivity index (χ3n) is 6.97. The van der Waals surface area contributed by atoms with Crippen molar-refractivity contribution in [2.75, 3.05) is 27.3 Å². The average molecular weight is 444 g/mol. The summed E-state index contributed by atoms with van der Waals surface area (Å²) < 4.78 is 11.3. The maximum absolute atomic E-state index is 11.9. The molecule has 1 aliphatic carbocycles. The van der Waals surface area contributed by atoms with Crippen LogP contribution in [0.1, 0.15) is 87.8 Å². The first-order valence-electron chi connectivity index (χ1n) is 12.7. The van der Waals surface area contributed by atoms with Crippen molar-refractivity contribution in [3.63, 3.8) is 0 Å². The summed E-state index contributed by atoms with van der Waals surface area (Å²) in [5.41, 5.74) is -0.247. The van der Waals surface area contributed by atoms with Crippen LogP contribution in [0.4, 0.5) is 0 Å². The number of hydrogen-bond acceptors (Lipinski definition) is 4. The Hall–Kier alpha value is -1.69. The summed E-state index contributed by atoms with van der Waals surface area (Å²) in [5, 5.41) is 11.9. The molecule has 0 aliphatic heterocycles. The van der Waals surface area contributed by atoms with Crippen LogP contribution in [0.2, 0.25) is 0 Å². The number of oxazole rings is 1. The highest BCUT2D eigenvalue weighted by molar-refractivity contribution is 5.30. The van der Waals surface area contributed by atoms with E-state index in [1.807, 2.05) is 36.5 Å². The van der Waals surface area contributed by atoms with E-state index in [0.717, 1.165) is 56.7 Å². The number of methoxy groups -OCH3 is 1. The molecule has 1 fully saturated rings. The predicted octanol–water partition coefficient (Wildman–Crippen LogP) is 4.49. The van der Waals surface area contributed by atoms with Gasteiger partial charge >= 0.3 is 0 Å². The number of aliphatic hydroxyl groups is 1. The molecule has 0 radical (unpaired) electrons. The summed E-state index contributed by atoms with van der Waals surface area (Å²) in [5.74, 6) is 1.48. The van der Waals surface area contributed by atoms with Crippen molar-refractivity contribution in [2.24, 2.45) is 5.92 Å². The van der Waals surface area contributed by atoms with Crippen LogP contribution < -0.4 is 4.90 Å². The van der Waals surface area contributed by atoms with Gasteiger partial charge in [0.25, 0.3) is 0 Å². The first-order valence-corrected chi connectivity index (χ1v) is 12.7. The number of aromatic nitrogens is 1. The molecule has 2 N–H and O–H groups in total. The van der Waals surface area contributed by atoms with Gasteiger partial charge in [-0.05, 0) is 37.7 Å². The third kappa shape index (κ3) is 6.90. The number of quaternary nitrogens is 1. The van der Waals surface area contributed by atoms with Crippen LogP contribution in [0.3, 0.4) is 0 Å². The molecular weight excluding hydrogens is 400 g/mol. The van der Waals surface area contributed by atoms with Gasteiger partial charge in [0.05, 0.1) is 19.8 Å². The standard InChI is InChI=1S/C27H42N2O3/c1-29(19-13-5-3-4-6-14-20-31-2)22-25-21-28-26(32-25)27(30,23-15-9-7-10-16-23)24-17-11-8-12-18-24/h7,9-10,15-16,21,24,30H,3-6,8,11-14,17-20,22H2,1-2H3/p+1. The van der Waals surface area contributed by atoms with Gasteiger partial charge in [-0.15, -0.1) is 0 Å². The van der Waals surface area contributed by atoms with Gasteiger partial charge in [0, 0.05) is 19.6 Å². The molecule has 1 aliphatic rings. The molecule has 5 heteroatoms. The van der Waals surface area contributed by atoms with E-state index in [2.05, 4.69) is 12.0 Å². The molecule has 178 valence electrons. The quantitative estimate of drug-likeness (QED) is 0.422. The summed E-state index contributed by atoms with van der Waals surface area (Å²) in [6.45, 7) is 2.81. The summed E-state index contributed by atoms with van der Waals surface area (Å²) in [4.78, 5) is 6.02. The Bertz CT molecular complexity index is 757. The number of unbranched alkanes of at least 4 members (excludes halogenated alkanes) is 5. The smallest absolute Gasteiger partial charge is 0.231 e. The first-order chi connectivity index (χ1) is 15.6. The number of nitrogens with zero attached hydrogens (tertiary/aromatic N) is 1. The lowest BCUT2D eigenvalue weighted by Crippen LogP contribution is -3.07. The highest BCUT2D eigenvalue weighted by Crippen LogP contribution is 2.43. The molecule has 0 amide bonds. The van der Waals surface area contributed by atoms with Crippen LogP contribution in [0.25, 0.3) is 0 Å². The van der Waals surface area contributed by atoms with Crippen molar-refractivity contribution in [3.05, 3.63) is 53.7 Å². The Labute approximate surface area is 194 Å². The van der Waals surface area contributed by atoms with Gasteiger partial charge in [0.1, 0.15) is 6.54 Å². The zero-order valence-corrected chi connectivity index (χ0v) is 20.2.